The van der Waals surface area contributed by atoms with Gasteiger partial charge < -0.3 is 0 Å². The Labute approximate surface area is 134 Å². The monoisotopic (exact) mass is 347 g/mol. The van der Waals surface area contributed by atoms with Crippen molar-refractivity contribution in [3.05, 3.63) is 23.0 Å². The lowest BCUT2D eigenvalue weighted by molar-refractivity contribution is -0.141. The van der Waals surface area contributed by atoms with Gasteiger partial charge in [-0.25, -0.2) is 0 Å². The summed E-state index contributed by atoms with van der Waals surface area (Å²) < 4.78 is 38.2. The van der Waals surface area contributed by atoms with Crippen molar-refractivity contribution >= 4 is 22.4 Å². The number of hydrogen-bond acceptors (Lipinski definition) is 5. The molecule has 0 aromatic carbocycles. The molecule has 2 aromatic heterocycles. The van der Waals surface area contributed by atoms with Crippen molar-refractivity contribution in [3.8, 4) is 0 Å². The van der Waals surface area contributed by atoms with E-state index in [9.17, 15) is 18.0 Å². The molecule has 0 unspecified atom stereocenters. The van der Waals surface area contributed by atoms with E-state index in [2.05, 4.69) is 20.6 Å². The Morgan fingerprint density at radius 3 is 2.61 bits per heavy atom. The van der Waals surface area contributed by atoms with Gasteiger partial charge in [0.05, 0.1) is 0 Å². The first-order chi connectivity index (χ1) is 10.8. The van der Waals surface area contributed by atoms with Crippen LogP contribution in [0.5, 0.6) is 0 Å². The third-order valence-electron chi connectivity index (χ3n) is 3.26. The van der Waals surface area contributed by atoms with Gasteiger partial charge in [0.2, 0.25) is 11.0 Å². The molecule has 1 amide bonds. The second kappa shape index (κ2) is 7.07. The third-order valence-corrected chi connectivity index (χ3v) is 4.26. The smallest absolute Gasteiger partial charge is 0.299 e. The summed E-state index contributed by atoms with van der Waals surface area (Å²) in [6.07, 6.45) is -1.57. The first kappa shape index (κ1) is 17.4. The van der Waals surface area contributed by atoms with Crippen LogP contribution < -0.4 is 5.32 Å². The predicted molar refractivity (Wildman–Crippen MR) is 79.1 cm³/mol. The Hall–Kier alpha value is -1.97. The van der Waals surface area contributed by atoms with E-state index in [0.717, 1.165) is 34.8 Å². The number of alkyl halides is 3. The Morgan fingerprint density at radius 2 is 2.04 bits per heavy atom. The lowest BCUT2D eigenvalue weighted by atomic mass is 10.1. The fraction of sp³-hybridized carbons (Fsp3) is 0.538. The summed E-state index contributed by atoms with van der Waals surface area (Å²) in [6.45, 7) is 3.77. The maximum Gasteiger partial charge on any atom is 0.435 e. The van der Waals surface area contributed by atoms with Crippen LogP contribution in [0.2, 0.25) is 0 Å². The molecule has 0 radical (unpaired) electrons. The van der Waals surface area contributed by atoms with Gasteiger partial charge in [0.25, 0.3) is 0 Å². The zero-order chi connectivity index (χ0) is 17.0. The molecule has 2 heterocycles. The Kier molecular flexibility index (Phi) is 5.34. The van der Waals surface area contributed by atoms with Gasteiger partial charge in [-0.2, -0.15) is 18.3 Å². The van der Waals surface area contributed by atoms with Gasteiger partial charge in [-0.3, -0.25) is 14.8 Å². The van der Waals surface area contributed by atoms with Crippen LogP contribution >= 0.6 is 11.3 Å². The second-order valence-corrected chi connectivity index (χ2v) is 5.91. The SMILES string of the molecule is CCC(CC)c1nnc(NC(=O)Cn2ccc(C(F)(F)F)n2)s1. The van der Waals surface area contributed by atoms with Crippen molar-refractivity contribution in [1.82, 2.24) is 20.0 Å². The van der Waals surface area contributed by atoms with Crippen LogP contribution in [0.3, 0.4) is 0 Å². The molecule has 0 spiro atoms. The highest BCUT2D eigenvalue weighted by Gasteiger charge is 2.33. The van der Waals surface area contributed by atoms with Crippen LogP contribution in [0.1, 0.15) is 43.3 Å². The Morgan fingerprint density at radius 1 is 1.35 bits per heavy atom. The molecule has 0 aliphatic heterocycles. The highest BCUT2D eigenvalue weighted by Crippen LogP contribution is 2.28. The maximum atomic E-state index is 12.4. The topological polar surface area (TPSA) is 72.7 Å². The van der Waals surface area contributed by atoms with Crippen molar-refractivity contribution in [1.29, 1.82) is 0 Å². The summed E-state index contributed by atoms with van der Waals surface area (Å²) >= 11 is 1.27. The molecule has 0 bridgehead atoms. The number of amides is 1. The number of rotatable bonds is 6. The van der Waals surface area contributed by atoms with Gasteiger partial charge in [0.15, 0.2) is 5.69 Å². The maximum absolute atomic E-state index is 12.4. The summed E-state index contributed by atoms with van der Waals surface area (Å²) in [5.74, 6) is -0.215. The van der Waals surface area contributed by atoms with Crippen molar-refractivity contribution in [2.24, 2.45) is 0 Å². The quantitative estimate of drug-likeness (QED) is 0.870. The average Bonchev–Trinajstić information content (AvgIpc) is 3.09. The number of nitrogens with one attached hydrogen (secondary N) is 1. The van der Waals surface area contributed by atoms with E-state index in [1.165, 1.54) is 11.3 Å². The third kappa shape index (κ3) is 4.50. The molecule has 0 atom stereocenters. The summed E-state index contributed by atoms with van der Waals surface area (Å²) in [5.41, 5.74) is -1.03. The highest BCUT2D eigenvalue weighted by atomic mass is 32.1. The normalized spacial score (nSPS) is 11.9. The van der Waals surface area contributed by atoms with Crippen molar-refractivity contribution in [3.63, 3.8) is 0 Å². The Bertz CT molecular complexity index is 663. The number of anilines is 1. The van der Waals surface area contributed by atoms with E-state index < -0.39 is 17.8 Å². The minimum absolute atomic E-state index is 0.290. The molecule has 0 saturated heterocycles. The minimum atomic E-state index is -4.52. The number of carbonyl (C=O) groups is 1. The van der Waals surface area contributed by atoms with Crippen LogP contribution in [0.15, 0.2) is 12.3 Å². The summed E-state index contributed by atoms with van der Waals surface area (Å²) in [5, 5.41) is 14.9. The molecule has 0 fully saturated rings. The highest BCUT2D eigenvalue weighted by molar-refractivity contribution is 7.15. The first-order valence-electron chi connectivity index (χ1n) is 7.07. The number of nitrogens with zero attached hydrogens (tertiary/aromatic N) is 4. The van der Waals surface area contributed by atoms with Gasteiger partial charge in [-0.1, -0.05) is 25.2 Å². The molecular weight excluding hydrogens is 331 g/mol. The molecule has 2 aromatic rings. The average molecular weight is 347 g/mol. The van der Waals surface area contributed by atoms with Crippen molar-refractivity contribution in [2.45, 2.75) is 45.3 Å². The number of hydrogen-bond donors (Lipinski definition) is 1. The number of aromatic nitrogens is 4. The molecule has 0 saturated carbocycles. The molecular formula is C13H16F3N5OS. The van der Waals surface area contributed by atoms with Gasteiger partial charge in [0.1, 0.15) is 11.6 Å². The van der Waals surface area contributed by atoms with E-state index >= 15 is 0 Å². The zero-order valence-electron chi connectivity index (χ0n) is 12.6. The fourth-order valence-corrected chi connectivity index (χ4v) is 3.02. The van der Waals surface area contributed by atoms with E-state index in [-0.39, 0.29) is 6.54 Å². The summed E-state index contributed by atoms with van der Waals surface area (Å²) in [4.78, 5) is 11.8. The number of halogens is 3. The predicted octanol–water partition coefficient (Wildman–Crippen LogP) is 3.30. The minimum Gasteiger partial charge on any atom is -0.299 e. The molecule has 10 heteroatoms. The molecule has 23 heavy (non-hydrogen) atoms. The van der Waals surface area contributed by atoms with E-state index in [1.807, 2.05) is 13.8 Å². The molecule has 1 N–H and O–H groups in total. The largest absolute Gasteiger partial charge is 0.435 e. The lowest BCUT2D eigenvalue weighted by Gasteiger charge is -2.05. The summed E-state index contributed by atoms with van der Waals surface area (Å²) in [7, 11) is 0. The lowest BCUT2D eigenvalue weighted by Crippen LogP contribution is -2.19. The molecule has 6 nitrogen and oxygen atoms in total. The van der Waals surface area contributed by atoms with Gasteiger partial charge in [0, 0.05) is 12.1 Å². The van der Waals surface area contributed by atoms with Crippen molar-refractivity contribution in [2.75, 3.05) is 5.32 Å². The fourth-order valence-electron chi connectivity index (χ4n) is 1.99. The van der Waals surface area contributed by atoms with Gasteiger partial charge in [-0.05, 0) is 18.9 Å². The molecule has 0 aliphatic rings. The summed E-state index contributed by atoms with van der Waals surface area (Å²) in [6, 6.07) is 0.823. The van der Waals surface area contributed by atoms with Crippen LogP contribution in [-0.4, -0.2) is 25.9 Å². The first-order valence-corrected chi connectivity index (χ1v) is 7.89. The zero-order valence-corrected chi connectivity index (χ0v) is 13.4. The van der Waals surface area contributed by atoms with Crippen LogP contribution in [0.25, 0.3) is 0 Å². The number of carbonyl (C=O) groups excluding carboxylic acids is 1. The molecule has 2 rings (SSSR count). The Balaban J connectivity index is 1.96. The van der Waals surface area contributed by atoms with Crippen LogP contribution in [0.4, 0.5) is 18.3 Å². The van der Waals surface area contributed by atoms with Crippen molar-refractivity contribution < 1.29 is 18.0 Å². The van der Waals surface area contributed by atoms with Gasteiger partial charge >= 0.3 is 6.18 Å². The second-order valence-electron chi connectivity index (χ2n) is 4.90. The molecule has 126 valence electrons. The standard InChI is InChI=1S/C13H16F3N5OS/c1-3-8(4-2)11-18-19-12(23-11)17-10(22)7-21-6-5-9(20-21)13(14,15)16/h5-6,8H,3-4,7H2,1-2H3,(H,17,19,22). The van der Waals surface area contributed by atoms with E-state index in [1.54, 1.807) is 0 Å². The van der Waals surface area contributed by atoms with E-state index in [4.69, 9.17) is 0 Å². The van der Waals surface area contributed by atoms with Crippen LogP contribution in [0, 0.1) is 0 Å². The van der Waals surface area contributed by atoms with Gasteiger partial charge in [-0.15, -0.1) is 10.2 Å². The molecule has 0 aliphatic carbocycles. The van der Waals surface area contributed by atoms with E-state index in [0.29, 0.717) is 11.0 Å². The van der Waals surface area contributed by atoms with Crippen LogP contribution in [-0.2, 0) is 17.5 Å².